The Kier molecular flexibility index (Phi) is 7.11. The van der Waals surface area contributed by atoms with Gasteiger partial charge >= 0.3 is 6.03 Å². The van der Waals surface area contributed by atoms with Gasteiger partial charge in [-0.15, -0.1) is 0 Å². The van der Waals surface area contributed by atoms with E-state index < -0.39 is 0 Å². The molecule has 0 saturated carbocycles. The number of carbonyl (C=O) groups is 1. The Morgan fingerprint density at radius 1 is 1.35 bits per heavy atom. The third-order valence-electron chi connectivity index (χ3n) is 5.01. The first-order chi connectivity index (χ1) is 12.7. The lowest BCUT2D eigenvalue weighted by molar-refractivity contribution is 0.0679. The summed E-state index contributed by atoms with van der Waals surface area (Å²) in [5.41, 5.74) is 7.14. The minimum atomic E-state index is -0.172. The molecule has 0 bridgehead atoms. The number of anilines is 1. The molecule has 0 aliphatic carbocycles. The van der Waals surface area contributed by atoms with Crippen molar-refractivity contribution in [2.24, 2.45) is 5.92 Å². The van der Waals surface area contributed by atoms with Crippen molar-refractivity contribution in [3.8, 4) is 5.75 Å². The fourth-order valence-electron chi connectivity index (χ4n) is 3.34. The van der Waals surface area contributed by atoms with Crippen LogP contribution in [0, 0.1) is 5.92 Å². The van der Waals surface area contributed by atoms with E-state index in [1.807, 2.05) is 24.3 Å². The summed E-state index contributed by atoms with van der Waals surface area (Å²) in [7, 11) is 0. The number of rotatable bonds is 8. The molecule has 2 saturated heterocycles. The quantitative estimate of drug-likeness (QED) is 0.533. The van der Waals surface area contributed by atoms with E-state index in [0.29, 0.717) is 25.1 Å². The van der Waals surface area contributed by atoms with Crippen LogP contribution in [-0.2, 0) is 4.74 Å². The van der Waals surface area contributed by atoms with Crippen LogP contribution in [0.1, 0.15) is 32.6 Å². The molecule has 1 aromatic carbocycles. The van der Waals surface area contributed by atoms with Crippen molar-refractivity contribution in [3.05, 3.63) is 24.3 Å². The molecule has 2 amide bonds. The fraction of sp³-hybridized carbons (Fsp3) is 0.632. The number of hydrogen-bond donors (Lipinski definition) is 4. The van der Waals surface area contributed by atoms with Gasteiger partial charge in [0.2, 0.25) is 0 Å². The van der Waals surface area contributed by atoms with Gasteiger partial charge in [0.1, 0.15) is 12.4 Å². The van der Waals surface area contributed by atoms with Gasteiger partial charge in [-0.2, -0.15) is 0 Å². The minimum Gasteiger partial charge on any atom is -0.491 e. The van der Waals surface area contributed by atoms with Gasteiger partial charge in [0.15, 0.2) is 0 Å². The zero-order valence-electron chi connectivity index (χ0n) is 15.4. The highest BCUT2D eigenvalue weighted by Crippen LogP contribution is 2.18. The molecule has 2 heterocycles. The summed E-state index contributed by atoms with van der Waals surface area (Å²) in [6.45, 7) is 5.27. The van der Waals surface area contributed by atoms with Crippen LogP contribution in [0.5, 0.6) is 5.75 Å². The number of nitrogens with one attached hydrogen (secondary N) is 4. The van der Waals surface area contributed by atoms with Gasteiger partial charge in [0.25, 0.3) is 0 Å². The molecule has 1 aromatic rings. The Morgan fingerprint density at radius 2 is 2.19 bits per heavy atom. The highest BCUT2D eigenvalue weighted by molar-refractivity contribution is 5.89. The maximum atomic E-state index is 12.0. The zero-order chi connectivity index (χ0) is 18.2. The van der Waals surface area contributed by atoms with Crippen molar-refractivity contribution >= 4 is 11.7 Å². The van der Waals surface area contributed by atoms with Crippen molar-refractivity contribution in [2.75, 3.05) is 31.6 Å². The lowest BCUT2D eigenvalue weighted by Crippen LogP contribution is -2.30. The van der Waals surface area contributed by atoms with Crippen molar-refractivity contribution in [1.82, 2.24) is 16.2 Å². The summed E-state index contributed by atoms with van der Waals surface area (Å²) in [4.78, 5) is 12.0. The van der Waals surface area contributed by atoms with Gasteiger partial charge in [-0.25, -0.2) is 4.79 Å². The molecule has 144 valence electrons. The van der Waals surface area contributed by atoms with E-state index in [-0.39, 0.29) is 12.1 Å². The van der Waals surface area contributed by atoms with E-state index in [4.69, 9.17) is 9.47 Å². The Morgan fingerprint density at radius 3 is 2.88 bits per heavy atom. The normalized spacial score (nSPS) is 25.2. The molecule has 7 nitrogen and oxygen atoms in total. The average Bonchev–Trinajstić information content (AvgIpc) is 3.30. The number of hydrazine groups is 1. The number of hydrogen-bond acceptors (Lipinski definition) is 5. The van der Waals surface area contributed by atoms with E-state index in [1.54, 1.807) is 0 Å². The Labute approximate surface area is 155 Å². The van der Waals surface area contributed by atoms with E-state index in [9.17, 15) is 4.79 Å². The van der Waals surface area contributed by atoms with Gasteiger partial charge in [0, 0.05) is 31.4 Å². The number of benzene rings is 1. The van der Waals surface area contributed by atoms with Crippen molar-refractivity contribution in [3.63, 3.8) is 0 Å². The zero-order valence-corrected chi connectivity index (χ0v) is 15.4. The third-order valence-corrected chi connectivity index (χ3v) is 5.01. The largest absolute Gasteiger partial charge is 0.491 e. The number of urea groups is 1. The summed E-state index contributed by atoms with van der Waals surface area (Å²) in [6.07, 6.45) is 4.45. The molecule has 2 fully saturated rings. The van der Waals surface area contributed by atoms with Gasteiger partial charge in [-0.3, -0.25) is 10.9 Å². The maximum absolute atomic E-state index is 12.0. The topological polar surface area (TPSA) is 83.7 Å². The van der Waals surface area contributed by atoms with Crippen LogP contribution >= 0.6 is 0 Å². The predicted octanol–water partition coefficient (Wildman–Crippen LogP) is 2.26. The first-order valence-electron chi connectivity index (χ1n) is 9.58. The highest BCUT2D eigenvalue weighted by atomic mass is 16.5. The lowest BCUT2D eigenvalue weighted by atomic mass is 9.98. The van der Waals surface area contributed by atoms with Crippen LogP contribution in [0.2, 0.25) is 0 Å². The molecule has 3 rings (SSSR count). The van der Waals surface area contributed by atoms with Gasteiger partial charge in [-0.1, -0.05) is 0 Å². The lowest BCUT2D eigenvalue weighted by Gasteiger charge is -2.14. The minimum absolute atomic E-state index is 0.172. The van der Waals surface area contributed by atoms with E-state index in [1.165, 1.54) is 0 Å². The average molecular weight is 362 g/mol. The first-order valence-corrected chi connectivity index (χ1v) is 9.58. The molecule has 0 aromatic heterocycles. The Bertz CT molecular complexity index is 560. The second-order valence-electron chi connectivity index (χ2n) is 7.07. The molecule has 0 spiro atoms. The summed E-state index contributed by atoms with van der Waals surface area (Å²) in [5.74, 6) is 1.42. The van der Waals surface area contributed by atoms with Gasteiger partial charge in [-0.05, 0) is 62.8 Å². The highest BCUT2D eigenvalue weighted by Gasteiger charge is 2.21. The van der Waals surface area contributed by atoms with Crippen LogP contribution in [0.3, 0.4) is 0 Å². The van der Waals surface area contributed by atoms with Crippen LogP contribution in [0.4, 0.5) is 10.5 Å². The number of carbonyl (C=O) groups excluding carboxylic acids is 1. The van der Waals surface area contributed by atoms with Gasteiger partial charge in [0.05, 0.1) is 6.10 Å². The summed E-state index contributed by atoms with van der Waals surface area (Å²) in [6, 6.07) is 7.75. The molecule has 2 aliphatic heterocycles. The fourth-order valence-corrected chi connectivity index (χ4v) is 3.34. The van der Waals surface area contributed by atoms with E-state index in [2.05, 4.69) is 28.4 Å². The maximum Gasteiger partial charge on any atom is 0.319 e. The van der Waals surface area contributed by atoms with Crippen LogP contribution in [0.15, 0.2) is 24.3 Å². The molecule has 7 heteroatoms. The second-order valence-corrected chi connectivity index (χ2v) is 7.07. The molecule has 2 aliphatic rings. The molecular weight excluding hydrogens is 332 g/mol. The smallest absolute Gasteiger partial charge is 0.319 e. The first kappa shape index (κ1) is 18.9. The molecule has 3 unspecified atom stereocenters. The number of amides is 2. The summed E-state index contributed by atoms with van der Waals surface area (Å²) >= 11 is 0. The molecule has 3 atom stereocenters. The monoisotopic (exact) mass is 362 g/mol. The number of ether oxygens (including phenoxy) is 2. The Hall–Kier alpha value is -1.83. The van der Waals surface area contributed by atoms with Crippen molar-refractivity contribution in [2.45, 2.75) is 44.8 Å². The molecule has 26 heavy (non-hydrogen) atoms. The van der Waals surface area contributed by atoms with Crippen molar-refractivity contribution in [1.29, 1.82) is 0 Å². The summed E-state index contributed by atoms with van der Waals surface area (Å²) < 4.78 is 11.3. The van der Waals surface area contributed by atoms with Crippen molar-refractivity contribution < 1.29 is 14.3 Å². The predicted molar refractivity (Wildman–Crippen MR) is 101 cm³/mol. The molecule has 0 radical (unpaired) electrons. The molecular formula is C19H30N4O3. The standard InChI is InChI=1S/C19H30N4O3/c1-14-15(12-21-23-14)4-2-10-20-19(24)22-16-6-8-17(9-7-16)26-13-18-5-3-11-25-18/h6-9,14-15,18,21,23H,2-5,10-13H2,1H3,(H2,20,22,24). The SMILES string of the molecule is CC1NNCC1CCCNC(=O)Nc1ccc(OCC2CCCO2)cc1. The van der Waals surface area contributed by atoms with Crippen LogP contribution < -0.4 is 26.2 Å². The molecule has 4 N–H and O–H groups in total. The van der Waals surface area contributed by atoms with Crippen LogP contribution in [-0.4, -0.2) is 44.5 Å². The Balaban J connectivity index is 1.30. The van der Waals surface area contributed by atoms with Gasteiger partial charge < -0.3 is 20.1 Å². The van der Waals surface area contributed by atoms with Crippen LogP contribution in [0.25, 0.3) is 0 Å². The van der Waals surface area contributed by atoms with E-state index >= 15 is 0 Å². The second kappa shape index (κ2) is 9.75. The summed E-state index contributed by atoms with van der Waals surface area (Å²) in [5, 5.41) is 5.76. The third kappa shape index (κ3) is 5.86. The van der Waals surface area contributed by atoms with E-state index in [0.717, 1.165) is 50.3 Å².